The Kier molecular flexibility index (Phi) is 29.0. The molecular formula is C59H93N9O15. The molecule has 3 rings (SSSR count). The Morgan fingerprint density at radius 2 is 1.37 bits per heavy atom. The Labute approximate surface area is 488 Å². The van der Waals surface area contributed by atoms with E-state index in [9.17, 15) is 58.5 Å². The molecule has 24 nitrogen and oxygen atoms in total. The smallest absolute Gasteiger partial charge is 0.410 e. The standard InChI is InChI=1S/C59H93N9O15/c1-15-35(6)50(45(81-13)30-46(70)68-29-19-22-44(68)52(82-14)36(7)53(74)61-37(8)51(73)40-20-17-16-18-21-40)66(11)58(79)48(33(2)3)65-57(78)49(34(4)5)67(12)59(80)83-32-39-23-25-41(26-24-39)62-55(76)42(27-28-47(71)72)63-56(77)43(31-69)64-54(75)38(9)60-10/h16-18,20-21,23-26,33-38,42-45,48-52,60,69,73H,15,19,22,27-32H2,1-14H3,(H,61,74)(H,62,76)(H,63,77)(H,64,75)(H,65,78)(H,71,72)/t35-,36+,37+,38-,42-,43-,44-,45+,48-,49-,50-,51+,52+/m0/s1. The van der Waals surface area contributed by atoms with Crippen LogP contribution in [0.4, 0.5) is 10.5 Å². The summed E-state index contributed by atoms with van der Waals surface area (Å²) in [7, 11) is 7.57. The summed E-state index contributed by atoms with van der Waals surface area (Å²) < 4.78 is 17.6. The number of amides is 8. The zero-order valence-electron chi connectivity index (χ0n) is 50.8. The lowest BCUT2D eigenvalue weighted by atomic mass is 9.89. The lowest BCUT2D eigenvalue weighted by Gasteiger charge is -2.41. The number of likely N-dealkylation sites (N-methyl/N-ethyl adjacent to an activating group) is 3. The number of rotatable bonds is 33. The van der Waals surface area contributed by atoms with Gasteiger partial charge >= 0.3 is 12.1 Å². The average Bonchev–Trinajstić information content (AvgIpc) is 4.04. The lowest BCUT2D eigenvalue weighted by Crippen LogP contribution is -2.60. The molecule has 83 heavy (non-hydrogen) atoms. The third-order valence-electron chi connectivity index (χ3n) is 15.6. The van der Waals surface area contributed by atoms with Crippen LogP contribution in [0.25, 0.3) is 0 Å². The Bertz CT molecular complexity index is 2450. The predicted molar refractivity (Wildman–Crippen MR) is 310 cm³/mol. The summed E-state index contributed by atoms with van der Waals surface area (Å²) in [5, 5.41) is 46.0. The summed E-state index contributed by atoms with van der Waals surface area (Å²) >= 11 is 0. The molecule has 1 saturated heterocycles. The molecule has 8 amide bonds. The van der Waals surface area contributed by atoms with E-state index in [1.54, 1.807) is 77.8 Å². The molecule has 0 saturated carbocycles. The molecule has 0 spiro atoms. The van der Waals surface area contributed by atoms with Crippen molar-refractivity contribution in [1.82, 2.24) is 41.3 Å². The van der Waals surface area contributed by atoms with Crippen LogP contribution in [0, 0.1) is 23.7 Å². The molecule has 1 heterocycles. The lowest BCUT2D eigenvalue weighted by molar-refractivity contribution is -0.148. The number of aliphatic hydroxyl groups is 2. The number of carboxylic acids is 1. The second-order valence-electron chi connectivity index (χ2n) is 22.3. The van der Waals surface area contributed by atoms with Gasteiger partial charge in [-0.15, -0.1) is 0 Å². The number of carbonyl (C=O) groups is 9. The van der Waals surface area contributed by atoms with E-state index < -0.39 is 139 Å². The van der Waals surface area contributed by atoms with Crippen molar-refractivity contribution in [3.05, 3.63) is 65.7 Å². The Balaban J connectivity index is 1.70. The molecule has 0 radical (unpaired) electrons. The quantitative estimate of drug-likeness (QED) is 0.0496. The van der Waals surface area contributed by atoms with Gasteiger partial charge in [0.1, 0.15) is 30.8 Å². The van der Waals surface area contributed by atoms with E-state index in [-0.39, 0.29) is 42.9 Å². The van der Waals surface area contributed by atoms with E-state index in [0.29, 0.717) is 36.9 Å². The number of nitrogens with zero attached hydrogens (tertiary/aromatic N) is 3. The number of carboxylic acid groups (broad SMARTS) is 1. The average molecular weight is 1170 g/mol. The molecular weight excluding hydrogens is 1070 g/mol. The van der Waals surface area contributed by atoms with Gasteiger partial charge in [0.25, 0.3) is 0 Å². The number of benzene rings is 2. The first kappa shape index (κ1) is 70.5. The van der Waals surface area contributed by atoms with Gasteiger partial charge in [-0.3, -0.25) is 43.3 Å². The number of carbonyl (C=O) groups excluding carboxylic acids is 8. The van der Waals surface area contributed by atoms with Crippen LogP contribution < -0.4 is 31.9 Å². The Morgan fingerprint density at radius 1 is 0.747 bits per heavy atom. The van der Waals surface area contributed by atoms with Gasteiger partial charge in [-0.2, -0.15) is 0 Å². The highest BCUT2D eigenvalue weighted by molar-refractivity contribution is 5.99. The fourth-order valence-electron chi connectivity index (χ4n) is 10.3. The van der Waals surface area contributed by atoms with Crippen molar-refractivity contribution in [1.29, 1.82) is 0 Å². The highest BCUT2D eigenvalue weighted by Crippen LogP contribution is 2.30. The first-order valence-corrected chi connectivity index (χ1v) is 28.5. The number of likely N-dealkylation sites (tertiary alicyclic amines) is 1. The van der Waals surface area contributed by atoms with Crippen LogP contribution in [0.1, 0.15) is 118 Å². The second-order valence-corrected chi connectivity index (χ2v) is 22.3. The van der Waals surface area contributed by atoms with Gasteiger partial charge in [-0.25, -0.2) is 4.79 Å². The van der Waals surface area contributed by atoms with E-state index in [1.165, 1.54) is 52.3 Å². The van der Waals surface area contributed by atoms with Crippen LogP contribution >= 0.6 is 0 Å². The fraction of sp³-hybridized carbons (Fsp3) is 0.644. The van der Waals surface area contributed by atoms with E-state index >= 15 is 0 Å². The molecule has 0 aliphatic carbocycles. The van der Waals surface area contributed by atoms with Gasteiger partial charge in [0, 0.05) is 47.0 Å². The first-order valence-electron chi connectivity index (χ1n) is 28.5. The summed E-state index contributed by atoms with van der Waals surface area (Å²) in [4.78, 5) is 125. The zero-order chi connectivity index (χ0) is 62.4. The zero-order valence-corrected chi connectivity index (χ0v) is 50.8. The predicted octanol–water partition coefficient (Wildman–Crippen LogP) is 2.95. The topological polar surface area (TPSA) is 324 Å². The number of aliphatic carboxylic acids is 1. The maximum absolute atomic E-state index is 14.7. The Morgan fingerprint density at radius 3 is 1.92 bits per heavy atom. The summed E-state index contributed by atoms with van der Waals surface area (Å²) in [6.45, 7) is 15.4. The third-order valence-corrected chi connectivity index (χ3v) is 15.6. The highest BCUT2D eigenvalue weighted by atomic mass is 16.6. The number of nitrogens with one attached hydrogen (secondary N) is 6. The molecule has 2 aromatic carbocycles. The maximum atomic E-state index is 14.7. The van der Waals surface area contributed by atoms with Crippen LogP contribution in [0.2, 0.25) is 0 Å². The molecule has 1 aliphatic heterocycles. The van der Waals surface area contributed by atoms with Crippen molar-refractivity contribution in [2.24, 2.45) is 23.7 Å². The monoisotopic (exact) mass is 1170 g/mol. The molecule has 0 bridgehead atoms. The van der Waals surface area contributed by atoms with E-state index in [1.807, 2.05) is 32.0 Å². The van der Waals surface area contributed by atoms with Crippen LogP contribution in [0.15, 0.2) is 54.6 Å². The molecule has 24 heteroatoms. The number of hydrogen-bond donors (Lipinski definition) is 9. The molecule has 0 unspecified atom stereocenters. The molecule has 1 aliphatic rings. The number of hydrogen-bond acceptors (Lipinski definition) is 15. The van der Waals surface area contributed by atoms with Gasteiger partial charge in [0.2, 0.25) is 41.4 Å². The largest absolute Gasteiger partial charge is 0.481 e. The van der Waals surface area contributed by atoms with Crippen molar-refractivity contribution < 1.29 is 72.7 Å². The maximum Gasteiger partial charge on any atom is 0.410 e. The SMILES string of the molecule is CC[C@H](C)[C@@H]([C@@H](CC(=O)N1CCC[C@H]1[C@H](OC)[C@@H](C)C(=O)N[C@H](C)[C@@H](O)c1ccccc1)OC)N(C)C(=O)[C@@H](NC(=O)[C@H](C(C)C)N(C)C(=O)OCc1ccc(NC(=O)[C@H](CCC(=O)O)NC(=O)[C@H](CO)NC(=O)[C@H](C)NC)cc1)C(C)C. The summed E-state index contributed by atoms with van der Waals surface area (Å²) in [6.07, 6.45) is -2.22. The van der Waals surface area contributed by atoms with Crippen molar-refractivity contribution in [3.63, 3.8) is 0 Å². The molecule has 0 aromatic heterocycles. The third kappa shape index (κ3) is 20.2. The van der Waals surface area contributed by atoms with Crippen molar-refractivity contribution in [2.45, 2.75) is 174 Å². The van der Waals surface area contributed by atoms with Crippen molar-refractivity contribution >= 4 is 59.1 Å². The molecule has 2 aromatic rings. The summed E-state index contributed by atoms with van der Waals surface area (Å²) in [5.74, 6) is -6.81. The normalized spacial score (nSPS) is 17.7. The number of aliphatic hydroxyl groups excluding tert-OH is 2. The molecule has 1 fully saturated rings. The first-order chi connectivity index (χ1) is 39.2. The Hall–Kier alpha value is -6.73. The minimum Gasteiger partial charge on any atom is -0.481 e. The number of ether oxygens (including phenoxy) is 3. The van der Waals surface area contributed by atoms with Crippen LogP contribution in [-0.4, -0.2) is 192 Å². The molecule has 13 atom stereocenters. The second kappa shape index (κ2) is 34.1. The number of anilines is 1. The molecule has 464 valence electrons. The van der Waals surface area contributed by atoms with Crippen LogP contribution in [-0.2, 0) is 59.2 Å². The summed E-state index contributed by atoms with van der Waals surface area (Å²) in [6, 6.07) is 7.84. The van der Waals surface area contributed by atoms with E-state index in [4.69, 9.17) is 14.2 Å². The van der Waals surface area contributed by atoms with Gasteiger partial charge in [-0.05, 0) is 81.2 Å². The minimum absolute atomic E-state index is 0.0927. The molecule has 9 N–H and O–H groups in total. The fourth-order valence-corrected chi connectivity index (χ4v) is 10.3. The summed E-state index contributed by atoms with van der Waals surface area (Å²) in [5.41, 5.74) is 1.41. The van der Waals surface area contributed by atoms with Crippen molar-refractivity contribution in [2.75, 3.05) is 53.8 Å². The number of methoxy groups -OCH3 is 2. The minimum atomic E-state index is -1.42. The van der Waals surface area contributed by atoms with E-state index in [2.05, 4.69) is 31.9 Å². The van der Waals surface area contributed by atoms with Crippen LogP contribution in [0.5, 0.6) is 0 Å². The van der Waals surface area contributed by atoms with Gasteiger partial charge in [0.05, 0.1) is 61.4 Å². The highest BCUT2D eigenvalue weighted by Gasteiger charge is 2.44. The van der Waals surface area contributed by atoms with Gasteiger partial charge < -0.3 is 71.2 Å². The van der Waals surface area contributed by atoms with E-state index in [0.717, 1.165) is 4.90 Å². The van der Waals surface area contributed by atoms with Gasteiger partial charge in [0.15, 0.2) is 0 Å². The van der Waals surface area contributed by atoms with Crippen LogP contribution in [0.3, 0.4) is 0 Å². The van der Waals surface area contributed by atoms with Crippen molar-refractivity contribution in [3.8, 4) is 0 Å². The van der Waals surface area contributed by atoms with Gasteiger partial charge in [-0.1, -0.05) is 97.4 Å².